The minimum atomic E-state index is -0.420. The van der Waals surface area contributed by atoms with Crippen LogP contribution in [0.5, 0.6) is 5.75 Å². The quantitative estimate of drug-likeness (QED) is 0.563. The third-order valence-electron chi connectivity index (χ3n) is 2.82. The van der Waals surface area contributed by atoms with Crippen molar-refractivity contribution in [1.29, 1.82) is 0 Å². The van der Waals surface area contributed by atoms with Crippen LogP contribution < -0.4 is 15.4 Å². The Hall–Kier alpha value is -1.20. The molecule has 1 aliphatic rings. The van der Waals surface area contributed by atoms with Gasteiger partial charge in [0.15, 0.2) is 6.10 Å². The third-order valence-corrected chi connectivity index (χ3v) is 3.13. The van der Waals surface area contributed by atoms with Gasteiger partial charge in [-0.05, 0) is 43.3 Å². The third kappa shape index (κ3) is 3.17. The van der Waals surface area contributed by atoms with E-state index in [1.807, 2.05) is 18.2 Å². The molecule has 2 rings (SSSR count). The Balaban J connectivity index is 1.99. The lowest BCUT2D eigenvalue weighted by Gasteiger charge is -2.23. The Kier molecular flexibility index (Phi) is 4.49. The first-order valence-corrected chi connectivity index (χ1v) is 6.76. The van der Waals surface area contributed by atoms with E-state index < -0.39 is 6.10 Å². The second-order valence-electron chi connectivity index (χ2n) is 4.33. The summed E-state index contributed by atoms with van der Waals surface area (Å²) >= 11 is 4.16. The normalized spacial score (nSPS) is 17.9. The van der Waals surface area contributed by atoms with E-state index in [1.165, 1.54) is 0 Å². The van der Waals surface area contributed by atoms with Gasteiger partial charge in [0.25, 0.3) is 5.91 Å². The van der Waals surface area contributed by atoms with Crippen LogP contribution in [0, 0.1) is 0 Å². The van der Waals surface area contributed by atoms with Crippen LogP contribution in [0.3, 0.4) is 0 Å². The summed E-state index contributed by atoms with van der Waals surface area (Å²) in [6, 6.07) is 5.87. The number of amides is 1. The van der Waals surface area contributed by atoms with Crippen molar-refractivity contribution in [3.05, 3.63) is 23.8 Å². The number of benzene rings is 1. The zero-order valence-electron chi connectivity index (χ0n) is 10.4. The molecule has 1 amide bonds. The van der Waals surface area contributed by atoms with Crippen molar-refractivity contribution in [1.82, 2.24) is 5.32 Å². The molecule has 0 fully saturated rings. The number of hydrogen-bond acceptors (Lipinski definition) is 4. The monoisotopic (exact) mass is 266 g/mol. The fourth-order valence-corrected chi connectivity index (χ4v) is 1.96. The standard InChI is InChI=1S/C13H18N2O2S/c1-9-13(16)15-11-7-10(3-4-12(11)17-9)8-14-5-2-6-18/h3-4,7,9,14,18H,2,5-6,8H2,1H3,(H,15,16). The van der Waals surface area contributed by atoms with Crippen molar-refractivity contribution in [2.45, 2.75) is 26.0 Å². The first kappa shape index (κ1) is 13.2. The van der Waals surface area contributed by atoms with Gasteiger partial charge in [-0.15, -0.1) is 0 Å². The van der Waals surface area contributed by atoms with Crippen LogP contribution in [0.2, 0.25) is 0 Å². The Morgan fingerprint density at radius 2 is 2.33 bits per heavy atom. The van der Waals surface area contributed by atoms with E-state index in [4.69, 9.17) is 4.74 Å². The summed E-state index contributed by atoms with van der Waals surface area (Å²) in [6.45, 7) is 3.47. The number of carbonyl (C=O) groups excluding carboxylic acids is 1. The van der Waals surface area contributed by atoms with Crippen LogP contribution >= 0.6 is 12.6 Å². The van der Waals surface area contributed by atoms with Gasteiger partial charge in [-0.25, -0.2) is 0 Å². The fraction of sp³-hybridized carbons (Fsp3) is 0.462. The largest absolute Gasteiger partial charge is 0.479 e. The summed E-state index contributed by atoms with van der Waals surface area (Å²) in [6.07, 6.45) is 0.627. The molecule has 0 aliphatic carbocycles. The molecule has 0 aromatic heterocycles. The maximum atomic E-state index is 11.5. The number of anilines is 1. The summed E-state index contributed by atoms with van der Waals surface area (Å²) in [7, 11) is 0. The molecule has 1 aliphatic heterocycles. The highest BCUT2D eigenvalue weighted by atomic mass is 32.1. The van der Waals surface area contributed by atoms with E-state index in [1.54, 1.807) is 6.92 Å². The first-order chi connectivity index (χ1) is 8.70. The number of thiol groups is 1. The van der Waals surface area contributed by atoms with E-state index in [0.717, 1.165) is 42.3 Å². The van der Waals surface area contributed by atoms with Crippen molar-refractivity contribution >= 4 is 24.2 Å². The molecule has 5 heteroatoms. The van der Waals surface area contributed by atoms with E-state index in [-0.39, 0.29) is 5.91 Å². The van der Waals surface area contributed by atoms with Gasteiger partial charge in [0, 0.05) is 6.54 Å². The minimum Gasteiger partial charge on any atom is -0.479 e. The molecule has 0 bridgehead atoms. The van der Waals surface area contributed by atoms with Crippen molar-refractivity contribution in [2.75, 3.05) is 17.6 Å². The molecule has 1 aromatic rings. The zero-order chi connectivity index (χ0) is 13.0. The Labute approximate surface area is 113 Å². The van der Waals surface area contributed by atoms with Gasteiger partial charge >= 0.3 is 0 Å². The topological polar surface area (TPSA) is 50.4 Å². The Morgan fingerprint density at radius 3 is 3.11 bits per heavy atom. The van der Waals surface area contributed by atoms with Gasteiger partial charge in [-0.2, -0.15) is 12.6 Å². The zero-order valence-corrected chi connectivity index (χ0v) is 11.3. The Morgan fingerprint density at radius 1 is 1.50 bits per heavy atom. The van der Waals surface area contributed by atoms with E-state index in [9.17, 15) is 4.79 Å². The van der Waals surface area contributed by atoms with Crippen LogP contribution in [-0.4, -0.2) is 24.3 Å². The number of fused-ring (bicyclic) bond motifs is 1. The summed E-state index contributed by atoms with van der Waals surface area (Å²) in [5.74, 6) is 1.53. The summed E-state index contributed by atoms with van der Waals surface area (Å²) < 4.78 is 5.50. The molecule has 2 N–H and O–H groups in total. The van der Waals surface area contributed by atoms with Gasteiger partial charge in [-0.3, -0.25) is 4.79 Å². The van der Waals surface area contributed by atoms with Gasteiger partial charge in [0.1, 0.15) is 5.75 Å². The number of nitrogens with one attached hydrogen (secondary N) is 2. The maximum Gasteiger partial charge on any atom is 0.265 e. The minimum absolute atomic E-state index is 0.0947. The van der Waals surface area contributed by atoms with Crippen LogP contribution in [0.15, 0.2) is 18.2 Å². The molecule has 1 unspecified atom stereocenters. The number of rotatable bonds is 5. The molecule has 0 saturated carbocycles. The predicted octanol–water partition coefficient (Wildman–Crippen LogP) is 1.82. The van der Waals surface area contributed by atoms with Gasteiger partial charge in [0.05, 0.1) is 5.69 Å². The first-order valence-electron chi connectivity index (χ1n) is 6.12. The molecular weight excluding hydrogens is 248 g/mol. The summed E-state index contributed by atoms with van der Waals surface area (Å²) in [5.41, 5.74) is 1.89. The predicted molar refractivity (Wildman–Crippen MR) is 75.3 cm³/mol. The molecular formula is C13H18N2O2S. The van der Waals surface area contributed by atoms with Crippen LogP contribution in [0.4, 0.5) is 5.69 Å². The van der Waals surface area contributed by atoms with Gasteiger partial charge < -0.3 is 15.4 Å². The van der Waals surface area contributed by atoms with E-state index >= 15 is 0 Å². The lowest BCUT2D eigenvalue weighted by atomic mass is 10.1. The lowest BCUT2D eigenvalue weighted by molar-refractivity contribution is -0.122. The molecule has 1 atom stereocenters. The summed E-state index contributed by atoms with van der Waals surface area (Å²) in [5, 5.41) is 6.17. The highest BCUT2D eigenvalue weighted by molar-refractivity contribution is 7.80. The van der Waals surface area contributed by atoms with Gasteiger partial charge in [0.2, 0.25) is 0 Å². The van der Waals surface area contributed by atoms with E-state index in [2.05, 4.69) is 23.3 Å². The summed E-state index contributed by atoms with van der Waals surface area (Å²) in [4.78, 5) is 11.5. The van der Waals surface area contributed by atoms with Crippen LogP contribution in [0.25, 0.3) is 0 Å². The highest BCUT2D eigenvalue weighted by Gasteiger charge is 2.23. The maximum absolute atomic E-state index is 11.5. The second kappa shape index (κ2) is 6.11. The fourth-order valence-electron chi connectivity index (χ4n) is 1.80. The van der Waals surface area contributed by atoms with Crippen molar-refractivity contribution in [3.63, 3.8) is 0 Å². The molecule has 18 heavy (non-hydrogen) atoms. The average molecular weight is 266 g/mol. The van der Waals surface area contributed by atoms with Crippen molar-refractivity contribution in [2.24, 2.45) is 0 Å². The van der Waals surface area contributed by atoms with Crippen molar-refractivity contribution < 1.29 is 9.53 Å². The van der Waals surface area contributed by atoms with Crippen LogP contribution in [-0.2, 0) is 11.3 Å². The number of hydrogen-bond donors (Lipinski definition) is 3. The molecule has 1 heterocycles. The molecule has 0 radical (unpaired) electrons. The molecule has 98 valence electrons. The molecule has 0 spiro atoms. The molecule has 0 saturated heterocycles. The second-order valence-corrected chi connectivity index (χ2v) is 4.78. The molecule has 1 aromatic carbocycles. The average Bonchev–Trinajstić information content (AvgIpc) is 2.36. The highest BCUT2D eigenvalue weighted by Crippen LogP contribution is 2.30. The Bertz CT molecular complexity index is 437. The van der Waals surface area contributed by atoms with Crippen molar-refractivity contribution in [3.8, 4) is 5.75 Å². The molecule has 4 nitrogen and oxygen atoms in total. The van der Waals surface area contributed by atoms with E-state index in [0.29, 0.717) is 0 Å². The number of carbonyl (C=O) groups is 1. The lowest BCUT2D eigenvalue weighted by Crippen LogP contribution is -2.34. The van der Waals surface area contributed by atoms with Crippen LogP contribution in [0.1, 0.15) is 18.9 Å². The number of ether oxygens (including phenoxy) is 1. The smallest absolute Gasteiger partial charge is 0.265 e. The SMILES string of the molecule is CC1Oc2ccc(CNCCCS)cc2NC1=O. The van der Waals surface area contributed by atoms with Gasteiger partial charge in [-0.1, -0.05) is 6.07 Å².